The molecule has 0 unspecified atom stereocenters. The maximum atomic E-state index is 11.8. The van der Waals surface area contributed by atoms with Gasteiger partial charge in [-0.3, -0.25) is 0 Å². The lowest BCUT2D eigenvalue weighted by Crippen LogP contribution is -2.11. The van der Waals surface area contributed by atoms with Gasteiger partial charge < -0.3 is 14.3 Å². The smallest absolute Gasteiger partial charge is 0.391 e. The first-order chi connectivity index (χ1) is 7.79. The van der Waals surface area contributed by atoms with Crippen molar-refractivity contribution in [1.29, 1.82) is 0 Å². The third-order valence-electron chi connectivity index (χ3n) is 1.94. The van der Waals surface area contributed by atoms with Crippen LogP contribution in [0.2, 0.25) is 0 Å². The van der Waals surface area contributed by atoms with Gasteiger partial charge in [-0.05, 0) is 13.0 Å². The molecule has 0 atom stereocenters. The first-order valence-electron chi connectivity index (χ1n) is 4.76. The van der Waals surface area contributed by atoms with Crippen molar-refractivity contribution in [2.75, 3.05) is 6.61 Å². The fraction of sp³-hybridized carbons (Fsp3) is 0.500. The minimum absolute atomic E-state index is 0.176. The summed E-state index contributed by atoms with van der Waals surface area (Å²) >= 11 is 0. The van der Waals surface area contributed by atoms with Crippen LogP contribution in [0.1, 0.15) is 28.3 Å². The first-order valence-corrected chi connectivity index (χ1v) is 4.76. The molecule has 1 rings (SSSR count). The topological polar surface area (TPSA) is 59.7 Å². The summed E-state index contributed by atoms with van der Waals surface area (Å²) in [7, 11) is 0. The molecule has 0 saturated heterocycles. The van der Waals surface area contributed by atoms with Crippen molar-refractivity contribution in [3.05, 3.63) is 23.2 Å². The van der Waals surface area contributed by atoms with Crippen LogP contribution in [-0.2, 0) is 11.3 Å². The fourth-order valence-electron chi connectivity index (χ4n) is 1.19. The van der Waals surface area contributed by atoms with Crippen LogP contribution in [0.25, 0.3) is 0 Å². The highest BCUT2D eigenvalue weighted by atomic mass is 19.4. The van der Waals surface area contributed by atoms with Crippen LogP contribution in [0.5, 0.6) is 0 Å². The number of alkyl halides is 3. The van der Waals surface area contributed by atoms with Crippen molar-refractivity contribution in [3.8, 4) is 0 Å². The molecule has 0 aromatic carbocycles. The Bertz CT molecular complexity index is 395. The van der Waals surface area contributed by atoms with E-state index in [1.54, 1.807) is 0 Å². The van der Waals surface area contributed by atoms with Gasteiger partial charge in [0.1, 0.15) is 12.4 Å². The highest BCUT2D eigenvalue weighted by molar-refractivity contribution is 5.86. The fourth-order valence-corrected chi connectivity index (χ4v) is 1.19. The molecule has 17 heavy (non-hydrogen) atoms. The molecule has 96 valence electrons. The van der Waals surface area contributed by atoms with E-state index in [2.05, 4.69) is 0 Å². The van der Waals surface area contributed by atoms with Crippen LogP contribution < -0.4 is 0 Å². The van der Waals surface area contributed by atoms with Gasteiger partial charge in [0.2, 0.25) is 5.76 Å². The summed E-state index contributed by atoms with van der Waals surface area (Å²) in [6.07, 6.45) is -5.30. The van der Waals surface area contributed by atoms with Crippen molar-refractivity contribution in [2.24, 2.45) is 0 Å². The van der Waals surface area contributed by atoms with Gasteiger partial charge in [0.05, 0.1) is 13.0 Å². The number of rotatable bonds is 5. The normalized spacial score (nSPS) is 11.8. The summed E-state index contributed by atoms with van der Waals surface area (Å²) in [5, 5.41) is 8.67. The molecule has 0 amide bonds. The molecular weight excluding hydrogens is 241 g/mol. The third-order valence-corrected chi connectivity index (χ3v) is 1.94. The van der Waals surface area contributed by atoms with Crippen molar-refractivity contribution < 1.29 is 32.2 Å². The standard InChI is InChI=1S/C10H11F3O4/c1-6-4-7(17-8(6)9(14)15)5-16-3-2-10(11,12)13/h4H,2-3,5H2,1H3,(H,14,15). The molecule has 1 N–H and O–H groups in total. The number of halogens is 3. The molecule has 7 heteroatoms. The molecule has 1 heterocycles. The number of hydrogen-bond donors (Lipinski definition) is 1. The minimum Gasteiger partial charge on any atom is -0.475 e. The Morgan fingerprint density at radius 3 is 2.65 bits per heavy atom. The number of carboxylic acid groups (broad SMARTS) is 1. The SMILES string of the molecule is Cc1cc(COCCC(F)(F)F)oc1C(=O)O. The summed E-state index contributed by atoms with van der Waals surface area (Å²) in [5.41, 5.74) is 0.409. The van der Waals surface area contributed by atoms with Crippen LogP contribution in [0.4, 0.5) is 13.2 Å². The van der Waals surface area contributed by atoms with E-state index in [4.69, 9.17) is 14.3 Å². The van der Waals surface area contributed by atoms with E-state index in [0.717, 1.165) is 0 Å². The molecule has 0 radical (unpaired) electrons. The van der Waals surface area contributed by atoms with Gasteiger partial charge in [0.15, 0.2) is 0 Å². The Kier molecular flexibility index (Phi) is 4.17. The van der Waals surface area contributed by atoms with E-state index < -0.39 is 25.2 Å². The predicted octanol–water partition coefficient (Wildman–Crippen LogP) is 2.76. The number of ether oxygens (including phenoxy) is 1. The number of hydrogen-bond acceptors (Lipinski definition) is 3. The van der Waals surface area contributed by atoms with E-state index >= 15 is 0 Å². The largest absolute Gasteiger partial charge is 0.475 e. The van der Waals surface area contributed by atoms with Gasteiger partial charge >= 0.3 is 12.1 Å². The highest BCUT2D eigenvalue weighted by Gasteiger charge is 2.26. The Morgan fingerprint density at radius 2 is 2.18 bits per heavy atom. The molecular formula is C10H11F3O4. The van der Waals surface area contributed by atoms with Gasteiger partial charge in [-0.1, -0.05) is 0 Å². The second-order valence-corrected chi connectivity index (χ2v) is 3.45. The average molecular weight is 252 g/mol. The second-order valence-electron chi connectivity index (χ2n) is 3.45. The van der Waals surface area contributed by atoms with Crippen LogP contribution in [-0.4, -0.2) is 23.9 Å². The maximum Gasteiger partial charge on any atom is 0.391 e. The first kappa shape index (κ1) is 13.6. The molecule has 1 aromatic heterocycles. The Labute approximate surface area is 95.0 Å². The number of furan rings is 1. The molecule has 0 aliphatic carbocycles. The van der Waals surface area contributed by atoms with Gasteiger partial charge in [0.25, 0.3) is 0 Å². The van der Waals surface area contributed by atoms with Crippen LogP contribution >= 0.6 is 0 Å². The van der Waals surface area contributed by atoms with Crippen molar-refractivity contribution in [2.45, 2.75) is 26.1 Å². The van der Waals surface area contributed by atoms with Gasteiger partial charge in [-0.15, -0.1) is 0 Å². The van der Waals surface area contributed by atoms with Gasteiger partial charge in [-0.25, -0.2) is 4.79 Å². The van der Waals surface area contributed by atoms with Crippen LogP contribution in [0.3, 0.4) is 0 Å². The van der Waals surface area contributed by atoms with Crippen molar-refractivity contribution in [3.63, 3.8) is 0 Å². The quantitative estimate of drug-likeness (QED) is 0.818. The van der Waals surface area contributed by atoms with Crippen LogP contribution in [0.15, 0.2) is 10.5 Å². The molecule has 1 aromatic rings. The van der Waals surface area contributed by atoms with E-state index in [9.17, 15) is 18.0 Å². The summed E-state index contributed by atoms with van der Waals surface area (Å²) in [6, 6.07) is 1.43. The van der Waals surface area contributed by atoms with Gasteiger partial charge in [0, 0.05) is 5.56 Å². The Hall–Kier alpha value is -1.50. The third kappa shape index (κ3) is 4.48. The molecule has 0 spiro atoms. The number of carboxylic acids is 1. The average Bonchev–Trinajstić information content (AvgIpc) is 2.53. The van der Waals surface area contributed by atoms with E-state index in [1.807, 2.05) is 0 Å². The Morgan fingerprint density at radius 1 is 1.53 bits per heavy atom. The zero-order chi connectivity index (χ0) is 13.1. The monoisotopic (exact) mass is 252 g/mol. The molecule has 0 aliphatic rings. The second kappa shape index (κ2) is 5.22. The Balaban J connectivity index is 2.43. The van der Waals surface area contributed by atoms with E-state index in [1.165, 1.54) is 13.0 Å². The van der Waals surface area contributed by atoms with Crippen LogP contribution in [0, 0.1) is 6.92 Å². The van der Waals surface area contributed by atoms with Crippen molar-refractivity contribution >= 4 is 5.97 Å². The molecule has 0 fully saturated rings. The van der Waals surface area contributed by atoms with Gasteiger partial charge in [-0.2, -0.15) is 13.2 Å². The number of aromatic carboxylic acids is 1. The molecule has 4 nitrogen and oxygen atoms in total. The lowest BCUT2D eigenvalue weighted by molar-refractivity contribution is -0.146. The molecule has 0 bridgehead atoms. The summed E-state index contributed by atoms with van der Waals surface area (Å²) in [6.45, 7) is 0.877. The lowest BCUT2D eigenvalue weighted by atomic mass is 10.3. The van der Waals surface area contributed by atoms with Crippen molar-refractivity contribution in [1.82, 2.24) is 0 Å². The number of aryl methyl sites for hydroxylation is 1. The summed E-state index contributed by atoms with van der Waals surface area (Å²) in [4.78, 5) is 10.6. The predicted molar refractivity (Wildman–Crippen MR) is 50.7 cm³/mol. The molecule has 0 saturated carbocycles. The summed E-state index contributed by atoms with van der Waals surface area (Å²) < 4.78 is 45.0. The zero-order valence-corrected chi connectivity index (χ0v) is 9.00. The van der Waals surface area contributed by atoms with E-state index in [0.29, 0.717) is 5.56 Å². The highest BCUT2D eigenvalue weighted by Crippen LogP contribution is 2.20. The maximum absolute atomic E-state index is 11.8. The minimum atomic E-state index is -4.26. The number of carbonyl (C=O) groups is 1. The molecule has 0 aliphatic heterocycles. The lowest BCUT2D eigenvalue weighted by Gasteiger charge is -2.05. The van der Waals surface area contributed by atoms with E-state index in [-0.39, 0.29) is 18.1 Å². The summed E-state index contributed by atoms with van der Waals surface area (Å²) in [5.74, 6) is -1.24. The zero-order valence-electron chi connectivity index (χ0n) is 9.00.